The van der Waals surface area contributed by atoms with E-state index in [4.69, 9.17) is 4.74 Å². The molecule has 1 fully saturated rings. The predicted molar refractivity (Wildman–Crippen MR) is 140 cm³/mol. The van der Waals surface area contributed by atoms with Gasteiger partial charge >= 0.3 is 0 Å². The van der Waals surface area contributed by atoms with Gasteiger partial charge in [-0.3, -0.25) is 14.4 Å². The zero-order valence-electron chi connectivity index (χ0n) is 21.2. The number of amides is 2. The summed E-state index contributed by atoms with van der Waals surface area (Å²) in [6.45, 7) is 3.70. The topological polar surface area (TPSA) is 96.5 Å². The summed E-state index contributed by atoms with van der Waals surface area (Å²) in [5.41, 5.74) is 2.15. The number of Topliss-reactive ketones (excluding diaryl/α,β-unsaturated/α-hetero) is 1. The van der Waals surface area contributed by atoms with Gasteiger partial charge in [-0.1, -0.05) is 67.6 Å². The minimum Gasteiger partial charge on any atom is -0.366 e. The fourth-order valence-electron chi connectivity index (χ4n) is 4.31. The van der Waals surface area contributed by atoms with Crippen molar-refractivity contribution in [2.75, 3.05) is 19.6 Å². The molecule has 2 amide bonds. The SMILES string of the molecule is CC(CCNC(=O)C1CCCN1)CC(=O)NCC(=O)C(CCc1ccccc1)OCc1ccccc1. The van der Waals surface area contributed by atoms with Gasteiger partial charge < -0.3 is 20.7 Å². The van der Waals surface area contributed by atoms with Crippen LogP contribution in [0, 0.1) is 5.92 Å². The predicted octanol–water partition coefficient (Wildman–Crippen LogP) is 3.17. The molecule has 0 radical (unpaired) electrons. The highest BCUT2D eigenvalue weighted by Crippen LogP contribution is 2.12. The summed E-state index contributed by atoms with van der Waals surface area (Å²) >= 11 is 0. The van der Waals surface area contributed by atoms with Crippen LogP contribution in [0.3, 0.4) is 0 Å². The number of ketones is 1. The van der Waals surface area contributed by atoms with Gasteiger partial charge in [-0.15, -0.1) is 0 Å². The first kappa shape index (κ1) is 27.6. The third kappa shape index (κ3) is 9.91. The molecule has 1 heterocycles. The average Bonchev–Trinajstić information content (AvgIpc) is 3.44. The molecule has 3 rings (SSSR count). The van der Waals surface area contributed by atoms with Gasteiger partial charge in [0, 0.05) is 13.0 Å². The van der Waals surface area contributed by atoms with Crippen molar-refractivity contribution in [3.8, 4) is 0 Å². The molecule has 0 bridgehead atoms. The lowest BCUT2D eigenvalue weighted by molar-refractivity contribution is -0.133. The van der Waals surface area contributed by atoms with Gasteiger partial charge in [0.15, 0.2) is 5.78 Å². The Kier molecular flexibility index (Phi) is 11.6. The lowest BCUT2D eigenvalue weighted by atomic mass is 10.0. The summed E-state index contributed by atoms with van der Waals surface area (Å²) in [6, 6.07) is 19.7. The lowest BCUT2D eigenvalue weighted by Gasteiger charge is -2.18. The monoisotopic (exact) mass is 493 g/mol. The van der Waals surface area contributed by atoms with Crippen LogP contribution < -0.4 is 16.0 Å². The molecule has 1 saturated heterocycles. The van der Waals surface area contributed by atoms with Crippen LogP contribution >= 0.6 is 0 Å². The summed E-state index contributed by atoms with van der Waals surface area (Å²) < 4.78 is 6.00. The highest BCUT2D eigenvalue weighted by atomic mass is 16.5. The van der Waals surface area contributed by atoms with E-state index in [2.05, 4.69) is 16.0 Å². The van der Waals surface area contributed by atoms with E-state index in [1.54, 1.807) is 0 Å². The number of aryl methyl sites for hydroxylation is 1. The molecule has 3 atom stereocenters. The molecule has 1 aliphatic heterocycles. The van der Waals surface area contributed by atoms with Crippen molar-refractivity contribution in [2.24, 2.45) is 5.92 Å². The van der Waals surface area contributed by atoms with E-state index < -0.39 is 6.10 Å². The Morgan fingerprint density at radius 2 is 1.67 bits per heavy atom. The first-order chi connectivity index (χ1) is 17.5. The van der Waals surface area contributed by atoms with Gasteiger partial charge in [-0.05, 0) is 55.7 Å². The molecule has 3 N–H and O–H groups in total. The lowest BCUT2D eigenvalue weighted by Crippen LogP contribution is -2.41. The van der Waals surface area contributed by atoms with E-state index in [0.29, 0.717) is 32.4 Å². The molecule has 0 aliphatic carbocycles. The summed E-state index contributed by atoms with van der Waals surface area (Å²) in [5, 5.41) is 8.89. The van der Waals surface area contributed by atoms with Gasteiger partial charge in [-0.25, -0.2) is 0 Å². The van der Waals surface area contributed by atoms with E-state index in [-0.39, 0.29) is 36.1 Å². The molecule has 0 saturated carbocycles. The highest BCUT2D eigenvalue weighted by molar-refractivity contribution is 5.89. The quantitative estimate of drug-likeness (QED) is 0.354. The molecule has 194 valence electrons. The number of rotatable bonds is 15. The fourth-order valence-corrected chi connectivity index (χ4v) is 4.31. The summed E-state index contributed by atoms with van der Waals surface area (Å²) in [6.07, 6.45) is 3.60. The molecule has 2 aromatic carbocycles. The van der Waals surface area contributed by atoms with Crippen molar-refractivity contribution in [1.82, 2.24) is 16.0 Å². The Labute approximate surface area is 214 Å². The Hall–Kier alpha value is -3.03. The van der Waals surface area contributed by atoms with Crippen molar-refractivity contribution in [1.29, 1.82) is 0 Å². The number of carbonyl (C=O) groups is 3. The number of benzene rings is 2. The largest absolute Gasteiger partial charge is 0.366 e. The number of carbonyl (C=O) groups excluding carboxylic acids is 3. The van der Waals surface area contributed by atoms with Crippen LogP contribution in [0.1, 0.15) is 50.2 Å². The normalized spacial score (nSPS) is 16.8. The number of nitrogens with one attached hydrogen (secondary N) is 3. The maximum Gasteiger partial charge on any atom is 0.237 e. The molecule has 1 aliphatic rings. The van der Waals surface area contributed by atoms with Crippen molar-refractivity contribution >= 4 is 17.6 Å². The summed E-state index contributed by atoms with van der Waals surface area (Å²) in [7, 11) is 0. The van der Waals surface area contributed by atoms with Crippen LogP contribution in [0.25, 0.3) is 0 Å². The van der Waals surface area contributed by atoms with Crippen molar-refractivity contribution in [3.05, 3.63) is 71.8 Å². The van der Waals surface area contributed by atoms with E-state index in [9.17, 15) is 14.4 Å². The van der Waals surface area contributed by atoms with Crippen LogP contribution in [-0.4, -0.2) is 49.4 Å². The third-order valence-corrected chi connectivity index (χ3v) is 6.50. The maximum atomic E-state index is 13.0. The molecule has 3 unspecified atom stereocenters. The summed E-state index contributed by atoms with van der Waals surface area (Å²) in [4.78, 5) is 37.5. The van der Waals surface area contributed by atoms with Gasteiger partial charge in [0.1, 0.15) is 6.10 Å². The zero-order valence-corrected chi connectivity index (χ0v) is 21.2. The van der Waals surface area contributed by atoms with Crippen molar-refractivity contribution < 1.29 is 19.1 Å². The van der Waals surface area contributed by atoms with Gasteiger partial charge in [0.2, 0.25) is 11.8 Å². The van der Waals surface area contributed by atoms with Gasteiger partial charge in [0.05, 0.1) is 19.2 Å². The summed E-state index contributed by atoms with van der Waals surface area (Å²) in [5.74, 6) is -0.157. The van der Waals surface area contributed by atoms with Crippen LogP contribution in [0.2, 0.25) is 0 Å². The molecule has 0 spiro atoms. The Morgan fingerprint density at radius 3 is 2.33 bits per heavy atom. The van der Waals surface area contributed by atoms with Crippen LogP contribution in [0.5, 0.6) is 0 Å². The van der Waals surface area contributed by atoms with Crippen LogP contribution in [0.15, 0.2) is 60.7 Å². The van der Waals surface area contributed by atoms with Crippen molar-refractivity contribution in [3.63, 3.8) is 0 Å². The number of hydrogen-bond donors (Lipinski definition) is 3. The minimum atomic E-state index is -0.595. The first-order valence-electron chi connectivity index (χ1n) is 13.0. The van der Waals surface area contributed by atoms with Gasteiger partial charge in [-0.2, -0.15) is 0 Å². The second-order valence-corrected chi connectivity index (χ2v) is 9.59. The third-order valence-electron chi connectivity index (χ3n) is 6.50. The molecule has 7 heteroatoms. The van der Waals surface area contributed by atoms with Crippen LogP contribution in [0.4, 0.5) is 0 Å². The van der Waals surface area contributed by atoms with E-state index in [1.807, 2.05) is 67.6 Å². The second kappa shape index (κ2) is 15.2. The smallest absolute Gasteiger partial charge is 0.237 e. The molecule has 0 aromatic heterocycles. The number of ether oxygens (including phenoxy) is 1. The van der Waals surface area contributed by atoms with Crippen LogP contribution in [-0.2, 0) is 32.1 Å². The van der Waals surface area contributed by atoms with E-state index >= 15 is 0 Å². The standard InChI is InChI=1S/C29H39N3O4/c1-22(16-18-31-29(35)25-13-8-17-30-25)19-28(34)32-20-26(33)27(15-14-23-9-4-2-5-10-23)36-21-24-11-6-3-7-12-24/h2-7,9-12,22,25,27,30H,8,13-21H2,1H3,(H,31,35)(H,32,34). The Morgan fingerprint density at radius 1 is 0.972 bits per heavy atom. The van der Waals surface area contributed by atoms with Gasteiger partial charge in [0.25, 0.3) is 0 Å². The Balaban J connectivity index is 1.40. The molecule has 36 heavy (non-hydrogen) atoms. The first-order valence-corrected chi connectivity index (χ1v) is 13.0. The fraction of sp³-hybridized carbons (Fsp3) is 0.483. The molecular weight excluding hydrogens is 454 g/mol. The molecular formula is C29H39N3O4. The molecule has 2 aromatic rings. The average molecular weight is 494 g/mol. The molecule has 7 nitrogen and oxygen atoms in total. The van der Waals surface area contributed by atoms with E-state index in [0.717, 1.165) is 36.9 Å². The maximum absolute atomic E-state index is 13.0. The Bertz CT molecular complexity index is 902. The zero-order chi connectivity index (χ0) is 25.6. The van der Waals surface area contributed by atoms with Crippen molar-refractivity contribution in [2.45, 2.75) is 64.2 Å². The highest BCUT2D eigenvalue weighted by Gasteiger charge is 2.22. The number of hydrogen-bond acceptors (Lipinski definition) is 5. The second-order valence-electron chi connectivity index (χ2n) is 9.59. The van der Waals surface area contributed by atoms with E-state index in [1.165, 1.54) is 0 Å². The minimum absolute atomic E-state index is 0.0341.